The van der Waals surface area contributed by atoms with Crippen LogP contribution in [0.4, 0.5) is 4.39 Å². The molecule has 1 N–H and O–H groups in total. The van der Waals surface area contributed by atoms with Gasteiger partial charge >= 0.3 is 0 Å². The second-order valence-corrected chi connectivity index (χ2v) is 5.50. The highest BCUT2D eigenvalue weighted by atomic mass is 19.1. The average Bonchev–Trinajstić information content (AvgIpc) is 2.45. The van der Waals surface area contributed by atoms with E-state index in [0.29, 0.717) is 5.92 Å². The molecule has 0 spiro atoms. The molecule has 2 aromatic carbocycles. The molecule has 0 saturated carbocycles. The van der Waals surface area contributed by atoms with Crippen molar-refractivity contribution in [1.82, 2.24) is 5.32 Å². The van der Waals surface area contributed by atoms with E-state index in [0.717, 1.165) is 12.0 Å². The molecule has 0 radical (unpaired) electrons. The molecule has 0 fully saturated rings. The lowest BCUT2D eigenvalue weighted by molar-refractivity contribution is 0.577. The zero-order valence-corrected chi connectivity index (χ0v) is 12.4. The largest absolute Gasteiger partial charge is 0.313 e. The number of benzene rings is 2. The van der Waals surface area contributed by atoms with Crippen LogP contribution in [0.25, 0.3) is 0 Å². The van der Waals surface area contributed by atoms with Gasteiger partial charge in [-0.1, -0.05) is 50.2 Å². The molecule has 0 aromatic heterocycles. The zero-order valence-electron chi connectivity index (χ0n) is 12.4. The van der Waals surface area contributed by atoms with Crippen LogP contribution in [0.2, 0.25) is 0 Å². The van der Waals surface area contributed by atoms with Gasteiger partial charge < -0.3 is 5.32 Å². The van der Waals surface area contributed by atoms with E-state index in [1.807, 2.05) is 13.1 Å². The molecular weight excluding hydrogens is 249 g/mol. The minimum absolute atomic E-state index is 0.135. The van der Waals surface area contributed by atoms with E-state index in [2.05, 4.69) is 43.4 Å². The molecule has 2 rings (SSSR count). The van der Waals surface area contributed by atoms with Crippen molar-refractivity contribution in [1.29, 1.82) is 0 Å². The van der Waals surface area contributed by atoms with Crippen LogP contribution in [0.3, 0.4) is 0 Å². The van der Waals surface area contributed by atoms with E-state index in [1.54, 1.807) is 12.1 Å². The first-order valence-electron chi connectivity index (χ1n) is 7.11. The summed E-state index contributed by atoms with van der Waals surface area (Å²) in [5.41, 5.74) is 3.60. The van der Waals surface area contributed by atoms with Crippen LogP contribution >= 0.6 is 0 Å². The lowest BCUT2D eigenvalue weighted by Gasteiger charge is -2.17. The minimum atomic E-state index is -0.182. The van der Waals surface area contributed by atoms with Crippen molar-refractivity contribution >= 4 is 0 Å². The fraction of sp³-hybridized carbons (Fsp3) is 0.333. The highest BCUT2D eigenvalue weighted by Gasteiger charge is 2.11. The number of halogens is 1. The molecule has 0 bridgehead atoms. The molecule has 1 unspecified atom stereocenters. The van der Waals surface area contributed by atoms with Gasteiger partial charge in [-0.2, -0.15) is 0 Å². The van der Waals surface area contributed by atoms with Gasteiger partial charge in [0.25, 0.3) is 0 Å². The van der Waals surface area contributed by atoms with Crippen molar-refractivity contribution in [3.05, 3.63) is 71.0 Å². The Morgan fingerprint density at radius 3 is 2.25 bits per heavy atom. The fourth-order valence-electron chi connectivity index (χ4n) is 2.38. The Balaban J connectivity index is 2.14. The third-order valence-corrected chi connectivity index (χ3v) is 3.69. The first-order valence-corrected chi connectivity index (χ1v) is 7.11. The van der Waals surface area contributed by atoms with Crippen LogP contribution in [0.15, 0.2) is 48.5 Å². The molecule has 2 aromatic rings. The molecule has 0 aliphatic carbocycles. The van der Waals surface area contributed by atoms with Crippen LogP contribution in [0, 0.1) is 5.82 Å². The minimum Gasteiger partial charge on any atom is -0.313 e. The Hall–Kier alpha value is -1.67. The van der Waals surface area contributed by atoms with Gasteiger partial charge in [0.1, 0.15) is 5.82 Å². The predicted octanol–water partition coefficient (Wildman–Crippen LogP) is 4.45. The van der Waals surface area contributed by atoms with Gasteiger partial charge in [-0.15, -0.1) is 0 Å². The maximum absolute atomic E-state index is 13.3. The Kier molecular flexibility index (Phi) is 4.91. The summed E-state index contributed by atoms with van der Waals surface area (Å²) in [6, 6.07) is 15.6. The molecular formula is C18H22FN. The summed E-state index contributed by atoms with van der Waals surface area (Å²) in [7, 11) is 1.91. The standard InChI is InChI=1S/C18H22FN/c1-13(2)15-9-7-14(8-10-15)11-18(20-3)16-5-4-6-17(19)12-16/h4-10,12-13,18,20H,11H2,1-3H3. The predicted molar refractivity (Wildman–Crippen MR) is 82.4 cm³/mol. The van der Waals surface area contributed by atoms with Crippen LogP contribution in [0.5, 0.6) is 0 Å². The Labute approximate surface area is 120 Å². The average molecular weight is 271 g/mol. The summed E-state index contributed by atoms with van der Waals surface area (Å²) in [4.78, 5) is 0. The second kappa shape index (κ2) is 6.67. The normalized spacial score (nSPS) is 12.7. The molecule has 0 amide bonds. The lowest BCUT2D eigenvalue weighted by Crippen LogP contribution is -2.19. The zero-order chi connectivity index (χ0) is 14.5. The van der Waals surface area contributed by atoms with E-state index in [1.165, 1.54) is 17.2 Å². The number of hydrogen-bond donors (Lipinski definition) is 1. The maximum atomic E-state index is 13.3. The van der Waals surface area contributed by atoms with Gasteiger partial charge in [-0.25, -0.2) is 4.39 Å². The van der Waals surface area contributed by atoms with Gasteiger partial charge in [0.2, 0.25) is 0 Å². The van der Waals surface area contributed by atoms with E-state index >= 15 is 0 Å². The van der Waals surface area contributed by atoms with Gasteiger partial charge in [0, 0.05) is 6.04 Å². The molecule has 2 heteroatoms. The Bertz CT molecular complexity index is 546. The van der Waals surface area contributed by atoms with E-state index in [-0.39, 0.29) is 11.9 Å². The van der Waals surface area contributed by atoms with Crippen molar-refractivity contribution in [2.45, 2.75) is 32.2 Å². The third-order valence-electron chi connectivity index (χ3n) is 3.69. The first kappa shape index (κ1) is 14.7. The number of nitrogens with one attached hydrogen (secondary N) is 1. The van der Waals surface area contributed by atoms with Crippen LogP contribution in [-0.2, 0) is 6.42 Å². The smallest absolute Gasteiger partial charge is 0.123 e. The SMILES string of the molecule is CNC(Cc1ccc(C(C)C)cc1)c1cccc(F)c1. The van der Waals surface area contributed by atoms with E-state index in [4.69, 9.17) is 0 Å². The van der Waals surface area contributed by atoms with Gasteiger partial charge in [0.15, 0.2) is 0 Å². The Morgan fingerprint density at radius 2 is 1.70 bits per heavy atom. The van der Waals surface area contributed by atoms with E-state index < -0.39 is 0 Å². The van der Waals surface area contributed by atoms with Gasteiger partial charge in [-0.3, -0.25) is 0 Å². The summed E-state index contributed by atoms with van der Waals surface area (Å²) in [5, 5.41) is 3.26. The molecule has 106 valence electrons. The Morgan fingerprint density at radius 1 is 1.00 bits per heavy atom. The monoisotopic (exact) mass is 271 g/mol. The number of likely N-dealkylation sites (N-methyl/N-ethyl adjacent to an activating group) is 1. The molecule has 20 heavy (non-hydrogen) atoms. The summed E-state index contributed by atoms with van der Waals surface area (Å²) in [5.74, 6) is 0.366. The van der Waals surface area contributed by atoms with Crippen molar-refractivity contribution in [3.63, 3.8) is 0 Å². The molecule has 0 aliphatic rings. The lowest BCUT2D eigenvalue weighted by atomic mass is 9.96. The second-order valence-electron chi connectivity index (χ2n) is 5.50. The van der Waals surface area contributed by atoms with Crippen molar-refractivity contribution in [2.75, 3.05) is 7.05 Å². The van der Waals surface area contributed by atoms with Crippen LogP contribution in [-0.4, -0.2) is 7.05 Å². The van der Waals surface area contributed by atoms with Crippen molar-refractivity contribution in [2.24, 2.45) is 0 Å². The van der Waals surface area contributed by atoms with Gasteiger partial charge in [0.05, 0.1) is 0 Å². The molecule has 0 saturated heterocycles. The van der Waals surface area contributed by atoms with Gasteiger partial charge in [-0.05, 0) is 48.2 Å². The highest BCUT2D eigenvalue weighted by molar-refractivity contribution is 5.28. The molecule has 1 atom stereocenters. The first-order chi connectivity index (χ1) is 9.60. The van der Waals surface area contributed by atoms with Crippen molar-refractivity contribution in [3.8, 4) is 0 Å². The topological polar surface area (TPSA) is 12.0 Å². The maximum Gasteiger partial charge on any atom is 0.123 e. The number of rotatable bonds is 5. The molecule has 1 nitrogen and oxygen atoms in total. The summed E-state index contributed by atoms with van der Waals surface area (Å²) in [6.07, 6.45) is 0.859. The highest BCUT2D eigenvalue weighted by Crippen LogP contribution is 2.21. The summed E-state index contributed by atoms with van der Waals surface area (Å²) >= 11 is 0. The van der Waals surface area contributed by atoms with Crippen LogP contribution < -0.4 is 5.32 Å². The molecule has 0 aliphatic heterocycles. The van der Waals surface area contributed by atoms with Crippen molar-refractivity contribution < 1.29 is 4.39 Å². The number of hydrogen-bond acceptors (Lipinski definition) is 1. The van der Waals surface area contributed by atoms with E-state index in [9.17, 15) is 4.39 Å². The summed E-state index contributed by atoms with van der Waals surface area (Å²) < 4.78 is 13.3. The third kappa shape index (κ3) is 3.67. The van der Waals surface area contributed by atoms with Crippen LogP contribution in [0.1, 0.15) is 42.5 Å². The quantitative estimate of drug-likeness (QED) is 0.847. The molecule has 0 heterocycles. The fourth-order valence-corrected chi connectivity index (χ4v) is 2.38. The summed E-state index contributed by atoms with van der Waals surface area (Å²) in [6.45, 7) is 4.39.